The van der Waals surface area contributed by atoms with Crippen LogP contribution in [0, 0.1) is 11.7 Å². The molecule has 31 heavy (non-hydrogen) atoms. The lowest BCUT2D eigenvalue weighted by molar-refractivity contribution is 0.100. The smallest absolute Gasteiger partial charge is 0.252 e. The number of nitrogens with one attached hydrogen (secondary N) is 2. The summed E-state index contributed by atoms with van der Waals surface area (Å²) in [5.74, 6) is -0.768. The quantitative estimate of drug-likeness (QED) is 0.439. The summed E-state index contributed by atoms with van der Waals surface area (Å²) in [6.45, 7) is 4.68. The van der Waals surface area contributed by atoms with Gasteiger partial charge in [0, 0.05) is 29.7 Å². The molecule has 0 aliphatic heterocycles. The number of amides is 1. The van der Waals surface area contributed by atoms with Crippen LogP contribution in [0.25, 0.3) is 10.9 Å². The summed E-state index contributed by atoms with van der Waals surface area (Å²) in [4.78, 5) is 16.3. The fraction of sp³-hybridized carbons (Fsp3) is 0.409. The van der Waals surface area contributed by atoms with Gasteiger partial charge in [-0.05, 0) is 56.9 Å². The maximum absolute atomic E-state index is 14.8. The maximum atomic E-state index is 14.8. The summed E-state index contributed by atoms with van der Waals surface area (Å²) in [6.07, 6.45) is 5.03. The molecule has 0 unspecified atom stereocenters. The second-order valence-corrected chi connectivity index (χ2v) is 8.16. The van der Waals surface area contributed by atoms with Gasteiger partial charge in [-0.2, -0.15) is 5.10 Å². The van der Waals surface area contributed by atoms with Gasteiger partial charge in [-0.3, -0.25) is 9.48 Å². The van der Waals surface area contributed by atoms with Gasteiger partial charge in [-0.1, -0.05) is 6.42 Å². The van der Waals surface area contributed by atoms with E-state index in [2.05, 4.69) is 20.7 Å². The third-order valence-electron chi connectivity index (χ3n) is 5.97. The first kappa shape index (κ1) is 21.0. The van der Waals surface area contributed by atoms with Gasteiger partial charge in [0.1, 0.15) is 5.82 Å². The van der Waals surface area contributed by atoms with Crippen LogP contribution in [0.2, 0.25) is 0 Å². The van der Waals surface area contributed by atoms with Crippen molar-refractivity contribution in [2.24, 2.45) is 17.4 Å². The van der Waals surface area contributed by atoms with Crippen LogP contribution in [-0.4, -0.2) is 32.8 Å². The van der Waals surface area contributed by atoms with Crippen molar-refractivity contribution in [3.05, 3.63) is 41.8 Å². The molecule has 0 spiro atoms. The van der Waals surface area contributed by atoms with Crippen LogP contribution in [0.15, 0.2) is 30.5 Å². The van der Waals surface area contributed by atoms with Crippen LogP contribution < -0.4 is 22.1 Å². The fourth-order valence-corrected chi connectivity index (χ4v) is 4.06. The molecule has 1 aliphatic carbocycles. The lowest BCUT2D eigenvalue weighted by Crippen LogP contribution is -2.46. The van der Waals surface area contributed by atoms with E-state index in [-0.39, 0.29) is 29.3 Å². The van der Waals surface area contributed by atoms with E-state index in [4.69, 9.17) is 11.5 Å². The summed E-state index contributed by atoms with van der Waals surface area (Å²) in [7, 11) is 0. The first-order valence-electron chi connectivity index (χ1n) is 10.6. The zero-order valence-corrected chi connectivity index (χ0v) is 17.7. The average Bonchev–Trinajstić information content (AvgIpc) is 3.10. The SMILES string of the molecule is CCn1ncc2cc(Nc3nc(N[C@H](C4CCC4)[C@H](C)N)c(F)cc3C(N)=O)ccc21. The first-order valence-corrected chi connectivity index (χ1v) is 10.6. The van der Waals surface area contributed by atoms with Gasteiger partial charge in [0.15, 0.2) is 11.6 Å². The Morgan fingerprint density at radius 2 is 2.10 bits per heavy atom. The number of hydrogen-bond donors (Lipinski definition) is 4. The predicted octanol–water partition coefficient (Wildman–Crippen LogP) is 3.36. The molecule has 1 saturated carbocycles. The van der Waals surface area contributed by atoms with E-state index in [1.54, 1.807) is 6.20 Å². The Kier molecular flexibility index (Phi) is 5.77. The number of primary amides is 1. The van der Waals surface area contributed by atoms with E-state index in [0.29, 0.717) is 11.6 Å². The van der Waals surface area contributed by atoms with Crippen LogP contribution >= 0.6 is 0 Å². The molecule has 2 atom stereocenters. The third-order valence-corrected chi connectivity index (χ3v) is 5.97. The minimum atomic E-state index is -0.761. The number of carbonyl (C=O) groups is 1. The summed E-state index contributed by atoms with van der Waals surface area (Å²) >= 11 is 0. The number of hydrogen-bond acceptors (Lipinski definition) is 6. The number of fused-ring (bicyclic) bond motifs is 1. The second kappa shape index (κ2) is 8.50. The predicted molar refractivity (Wildman–Crippen MR) is 120 cm³/mol. The van der Waals surface area contributed by atoms with E-state index >= 15 is 0 Å². The molecule has 0 bridgehead atoms. The molecule has 0 saturated heterocycles. The van der Waals surface area contributed by atoms with Crippen LogP contribution in [-0.2, 0) is 6.54 Å². The first-order chi connectivity index (χ1) is 14.9. The Hall–Kier alpha value is -3.20. The largest absolute Gasteiger partial charge is 0.365 e. The van der Waals surface area contributed by atoms with Crippen LogP contribution in [0.5, 0.6) is 0 Å². The van der Waals surface area contributed by atoms with E-state index in [9.17, 15) is 9.18 Å². The van der Waals surface area contributed by atoms with Crippen molar-refractivity contribution in [1.29, 1.82) is 0 Å². The number of carbonyl (C=O) groups excluding carboxylic acids is 1. The highest BCUT2D eigenvalue weighted by atomic mass is 19.1. The van der Waals surface area contributed by atoms with Crippen molar-refractivity contribution < 1.29 is 9.18 Å². The Balaban J connectivity index is 1.67. The number of anilines is 3. The molecule has 4 rings (SSSR count). The molecule has 2 heterocycles. The summed E-state index contributed by atoms with van der Waals surface area (Å²) in [5.41, 5.74) is 13.3. The molecule has 2 aromatic heterocycles. The van der Waals surface area contributed by atoms with Crippen molar-refractivity contribution in [3.63, 3.8) is 0 Å². The molecule has 9 heteroatoms. The van der Waals surface area contributed by atoms with Gasteiger partial charge >= 0.3 is 0 Å². The van der Waals surface area contributed by atoms with Crippen molar-refractivity contribution in [2.45, 2.75) is 51.7 Å². The normalized spacial score (nSPS) is 16.0. The number of benzene rings is 1. The zero-order valence-electron chi connectivity index (χ0n) is 17.7. The lowest BCUT2D eigenvalue weighted by atomic mass is 9.77. The average molecular weight is 426 g/mol. The number of rotatable bonds is 8. The molecular formula is C22H28FN7O. The highest BCUT2D eigenvalue weighted by Gasteiger charge is 2.31. The molecule has 8 nitrogen and oxygen atoms in total. The monoisotopic (exact) mass is 425 g/mol. The molecule has 1 amide bonds. The fourth-order valence-electron chi connectivity index (χ4n) is 4.06. The van der Waals surface area contributed by atoms with Gasteiger partial charge in [0.25, 0.3) is 5.91 Å². The molecule has 3 aromatic rings. The Morgan fingerprint density at radius 3 is 2.71 bits per heavy atom. The standard InChI is InChI=1S/C22H28FN7O/c1-3-30-18-8-7-15(9-14(18)11-26-30)27-21-16(20(25)31)10-17(23)22(29-21)28-19(12(2)24)13-5-4-6-13/h7-13,19H,3-6,24H2,1-2H3,(H2,25,31)(H2,27,28,29)/t12-,19-/m0/s1. The molecule has 1 aromatic carbocycles. The topological polar surface area (TPSA) is 124 Å². The van der Waals surface area contributed by atoms with Crippen LogP contribution in [0.1, 0.15) is 43.5 Å². The molecular weight excluding hydrogens is 397 g/mol. The lowest BCUT2D eigenvalue weighted by Gasteiger charge is -2.37. The van der Waals surface area contributed by atoms with E-state index in [1.807, 2.05) is 36.7 Å². The Morgan fingerprint density at radius 1 is 1.32 bits per heavy atom. The maximum Gasteiger partial charge on any atom is 0.252 e. The minimum absolute atomic E-state index is 0.0200. The van der Waals surface area contributed by atoms with Gasteiger partial charge in [-0.15, -0.1) is 0 Å². The number of nitrogens with two attached hydrogens (primary N) is 2. The van der Waals surface area contributed by atoms with Gasteiger partial charge < -0.3 is 22.1 Å². The second-order valence-electron chi connectivity index (χ2n) is 8.16. The summed E-state index contributed by atoms with van der Waals surface area (Å²) in [6, 6.07) is 6.54. The molecule has 1 fully saturated rings. The van der Waals surface area contributed by atoms with Crippen LogP contribution in [0.4, 0.5) is 21.7 Å². The van der Waals surface area contributed by atoms with E-state index in [1.165, 1.54) is 0 Å². The van der Waals surface area contributed by atoms with Gasteiger partial charge in [0.05, 0.1) is 17.3 Å². The van der Waals surface area contributed by atoms with Crippen molar-refractivity contribution in [1.82, 2.24) is 14.8 Å². The number of halogens is 1. The van der Waals surface area contributed by atoms with Gasteiger partial charge in [-0.25, -0.2) is 9.37 Å². The van der Waals surface area contributed by atoms with E-state index in [0.717, 1.165) is 42.8 Å². The number of pyridine rings is 1. The van der Waals surface area contributed by atoms with Crippen LogP contribution in [0.3, 0.4) is 0 Å². The third kappa shape index (κ3) is 4.18. The number of nitrogens with zero attached hydrogens (tertiary/aromatic N) is 3. The van der Waals surface area contributed by atoms with Gasteiger partial charge in [0.2, 0.25) is 0 Å². The summed E-state index contributed by atoms with van der Waals surface area (Å²) < 4.78 is 16.7. The minimum Gasteiger partial charge on any atom is -0.365 e. The highest BCUT2D eigenvalue weighted by Crippen LogP contribution is 2.33. The number of aryl methyl sites for hydroxylation is 1. The molecule has 6 N–H and O–H groups in total. The number of aromatic nitrogens is 3. The Bertz CT molecular complexity index is 1110. The molecule has 0 radical (unpaired) electrons. The molecule has 1 aliphatic rings. The van der Waals surface area contributed by atoms with Crippen molar-refractivity contribution in [2.75, 3.05) is 10.6 Å². The Labute approximate surface area is 180 Å². The molecule has 164 valence electrons. The van der Waals surface area contributed by atoms with Crippen molar-refractivity contribution in [3.8, 4) is 0 Å². The zero-order chi connectivity index (χ0) is 22.1. The van der Waals surface area contributed by atoms with Crippen molar-refractivity contribution >= 4 is 34.1 Å². The van der Waals surface area contributed by atoms with E-state index < -0.39 is 11.7 Å². The summed E-state index contributed by atoms with van der Waals surface area (Å²) in [5, 5.41) is 11.6. The highest BCUT2D eigenvalue weighted by molar-refractivity contribution is 5.99.